The number of hydrogen-bond acceptors (Lipinski definition) is 6. The van der Waals surface area contributed by atoms with Crippen molar-refractivity contribution in [3.63, 3.8) is 0 Å². The van der Waals surface area contributed by atoms with Crippen LogP contribution in [0.5, 0.6) is 0 Å². The Balaban J connectivity index is 2.36. The number of esters is 1. The number of aromatic nitrogens is 2. The topological polar surface area (TPSA) is 104 Å². The SMILES string of the molecule is CCOC(=O)c1cn(-c2cccc([N+](=O)[O-])c2)c2nc(C)ccc2c1=O. The number of nitro groups is 1. The van der Waals surface area contributed by atoms with E-state index in [2.05, 4.69) is 4.98 Å². The fraction of sp³-hybridized carbons (Fsp3) is 0.167. The maximum absolute atomic E-state index is 12.7. The summed E-state index contributed by atoms with van der Waals surface area (Å²) in [4.78, 5) is 39.8. The van der Waals surface area contributed by atoms with Crippen LogP contribution in [-0.4, -0.2) is 27.1 Å². The van der Waals surface area contributed by atoms with Crippen molar-refractivity contribution in [2.75, 3.05) is 6.61 Å². The Morgan fingerprint density at radius 1 is 1.31 bits per heavy atom. The van der Waals surface area contributed by atoms with Gasteiger partial charge in [-0.15, -0.1) is 0 Å². The highest BCUT2D eigenvalue weighted by atomic mass is 16.6. The maximum atomic E-state index is 12.7. The molecule has 0 fully saturated rings. The van der Waals surface area contributed by atoms with Crippen molar-refractivity contribution in [1.82, 2.24) is 9.55 Å². The van der Waals surface area contributed by atoms with Crippen LogP contribution in [-0.2, 0) is 4.74 Å². The summed E-state index contributed by atoms with van der Waals surface area (Å²) in [6, 6.07) is 9.11. The highest BCUT2D eigenvalue weighted by Crippen LogP contribution is 2.21. The van der Waals surface area contributed by atoms with E-state index in [1.807, 2.05) is 0 Å². The average Bonchev–Trinajstić information content (AvgIpc) is 2.62. The van der Waals surface area contributed by atoms with E-state index in [-0.39, 0.29) is 23.2 Å². The van der Waals surface area contributed by atoms with Gasteiger partial charge >= 0.3 is 5.97 Å². The van der Waals surface area contributed by atoms with E-state index in [4.69, 9.17) is 4.74 Å². The van der Waals surface area contributed by atoms with Crippen LogP contribution in [0.3, 0.4) is 0 Å². The van der Waals surface area contributed by atoms with Gasteiger partial charge in [0.15, 0.2) is 0 Å². The third-order valence-electron chi connectivity index (χ3n) is 3.80. The zero-order chi connectivity index (χ0) is 18.8. The first-order valence-corrected chi connectivity index (χ1v) is 7.87. The Kier molecular flexibility index (Phi) is 4.49. The molecule has 0 amide bonds. The second-order valence-electron chi connectivity index (χ2n) is 5.56. The number of nitrogens with zero attached hydrogens (tertiary/aromatic N) is 3. The van der Waals surface area contributed by atoms with Gasteiger partial charge in [0.2, 0.25) is 5.43 Å². The lowest BCUT2D eigenvalue weighted by molar-refractivity contribution is -0.384. The molecule has 8 heteroatoms. The summed E-state index contributed by atoms with van der Waals surface area (Å²) >= 11 is 0. The van der Waals surface area contributed by atoms with E-state index in [1.54, 1.807) is 32.0 Å². The van der Waals surface area contributed by atoms with Crippen LogP contribution < -0.4 is 5.43 Å². The summed E-state index contributed by atoms with van der Waals surface area (Å²) in [5, 5.41) is 11.3. The molecule has 0 aliphatic heterocycles. The molecule has 2 aromatic heterocycles. The summed E-state index contributed by atoms with van der Waals surface area (Å²) < 4.78 is 6.44. The molecule has 1 aromatic carbocycles. The first kappa shape index (κ1) is 17.3. The van der Waals surface area contributed by atoms with Crippen molar-refractivity contribution in [3.8, 4) is 5.69 Å². The molecule has 0 saturated carbocycles. The molecule has 0 bridgehead atoms. The quantitative estimate of drug-likeness (QED) is 0.406. The van der Waals surface area contributed by atoms with Gasteiger partial charge in [-0.1, -0.05) is 6.07 Å². The second-order valence-corrected chi connectivity index (χ2v) is 5.56. The van der Waals surface area contributed by atoms with Crippen molar-refractivity contribution < 1.29 is 14.5 Å². The summed E-state index contributed by atoms with van der Waals surface area (Å²) in [5.41, 5.74) is 0.625. The number of rotatable bonds is 4. The molecular weight excluding hydrogens is 338 g/mol. The maximum Gasteiger partial charge on any atom is 0.343 e. The number of hydrogen-bond donors (Lipinski definition) is 0. The van der Waals surface area contributed by atoms with Gasteiger partial charge in [0.05, 0.1) is 22.6 Å². The van der Waals surface area contributed by atoms with Crippen LogP contribution in [0, 0.1) is 17.0 Å². The molecule has 2 heterocycles. The minimum absolute atomic E-state index is 0.111. The molecule has 0 N–H and O–H groups in total. The molecular formula is C18H15N3O5. The largest absolute Gasteiger partial charge is 0.462 e. The zero-order valence-corrected chi connectivity index (χ0v) is 14.1. The Morgan fingerprint density at radius 3 is 2.77 bits per heavy atom. The molecule has 3 aromatic rings. The highest BCUT2D eigenvalue weighted by Gasteiger charge is 2.19. The third-order valence-corrected chi connectivity index (χ3v) is 3.80. The number of ether oxygens (including phenoxy) is 1. The van der Waals surface area contributed by atoms with E-state index in [0.717, 1.165) is 0 Å². The second kappa shape index (κ2) is 6.75. The van der Waals surface area contributed by atoms with Crippen molar-refractivity contribution in [2.45, 2.75) is 13.8 Å². The summed E-state index contributed by atoms with van der Waals surface area (Å²) in [6.07, 6.45) is 1.31. The lowest BCUT2D eigenvalue weighted by Crippen LogP contribution is -2.21. The van der Waals surface area contributed by atoms with Gasteiger partial charge in [-0.2, -0.15) is 0 Å². The molecule has 0 atom stereocenters. The first-order valence-electron chi connectivity index (χ1n) is 7.87. The highest BCUT2D eigenvalue weighted by molar-refractivity contribution is 5.93. The van der Waals surface area contributed by atoms with E-state index >= 15 is 0 Å². The Morgan fingerprint density at radius 2 is 2.08 bits per heavy atom. The van der Waals surface area contributed by atoms with Gasteiger partial charge in [-0.3, -0.25) is 19.5 Å². The summed E-state index contributed by atoms with van der Waals surface area (Å²) in [7, 11) is 0. The van der Waals surface area contributed by atoms with Gasteiger partial charge in [0, 0.05) is 24.0 Å². The lowest BCUT2D eigenvalue weighted by Gasteiger charge is -2.13. The number of pyridine rings is 2. The Labute approximate surface area is 147 Å². The number of carbonyl (C=O) groups is 1. The fourth-order valence-electron chi connectivity index (χ4n) is 2.61. The minimum atomic E-state index is -0.751. The van der Waals surface area contributed by atoms with Crippen LogP contribution in [0.1, 0.15) is 23.0 Å². The molecule has 0 unspecified atom stereocenters. The predicted octanol–water partition coefficient (Wildman–Crippen LogP) is 2.78. The van der Waals surface area contributed by atoms with Crippen LogP contribution in [0.15, 0.2) is 47.4 Å². The van der Waals surface area contributed by atoms with E-state index in [0.29, 0.717) is 17.0 Å². The van der Waals surface area contributed by atoms with Gasteiger partial charge in [-0.25, -0.2) is 9.78 Å². The number of nitro benzene ring substituents is 1. The Hall–Kier alpha value is -3.55. The molecule has 132 valence electrons. The molecule has 0 spiro atoms. The molecule has 0 aliphatic carbocycles. The Bertz CT molecular complexity index is 1090. The summed E-state index contributed by atoms with van der Waals surface area (Å²) in [5.74, 6) is -0.751. The predicted molar refractivity (Wildman–Crippen MR) is 94.7 cm³/mol. The van der Waals surface area contributed by atoms with Gasteiger partial charge in [-0.05, 0) is 32.0 Å². The van der Waals surface area contributed by atoms with Crippen LogP contribution >= 0.6 is 0 Å². The molecule has 3 rings (SSSR count). The van der Waals surface area contributed by atoms with Crippen LogP contribution in [0.2, 0.25) is 0 Å². The lowest BCUT2D eigenvalue weighted by atomic mass is 10.1. The molecule has 0 saturated heterocycles. The summed E-state index contributed by atoms with van der Waals surface area (Å²) in [6.45, 7) is 3.53. The monoisotopic (exact) mass is 353 g/mol. The van der Waals surface area contributed by atoms with E-state index in [9.17, 15) is 19.7 Å². The van der Waals surface area contributed by atoms with E-state index in [1.165, 1.54) is 29.0 Å². The number of benzene rings is 1. The molecule has 8 nitrogen and oxygen atoms in total. The van der Waals surface area contributed by atoms with Crippen molar-refractivity contribution in [1.29, 1.82) is 0 Å². The van der Waals surface area contributed by atoms with Crippen molar-refractivity contribution in [2.24, 2.45) is 0 Å². The van der Waals surface area contributed by atoms with Crippen LogP contribution in [0.25, 0.3) is 16.7 Å². The number of non-ortho nitro benzene ring substituents is 1. The molecule has 26 heavy (non-hydrogen) atoms. The number of fused-ring (bicyclic) bond motifs is 1. The average molecular weight is 353 g/mol. The number of carbonyl (C=O) groups excluding carboxylic acids is 1. The smallest absolute Gasteiger partial charge is 0.343 e. The molecule has 0 radical (unpaired) electrons. The fourth-order valence-corrected chi connectivity index (χ4v) is 2.61. The normalized spacial score (nSPS) is 10.7. The number of aryl methyl sites for hydroxylation is 1. The first-order chi connectivity index (χ1) is 12.4. The van der Waals surface area contributed by atoms with Gasteiger partial charge in [0.1, 0.15) is 11.2 Å². The van der Waals surface area contributed by atoms with Gasteiger partial charge < -0.3 is 4.74 Å². The van der Waals surface area contributed by atoms with E-state index < -0.39 is 16.3 Å². The third kappa shape index (κ3) is 3.04. The van der Waals surface area contributed by atoms with Crippen molar-refractivity contribution >= 4 is 22.7 Å². The zero-order valence-electron chi connectivity index (χ0n) is 14.1. The minimum Gasteiger partial charge on any atom is -0.462 e. The van der Waals surface area contributed by atoms with Crippen LogP contribution in [0.4, 0.5) is 5.69 Å². The van der Waals surface area contributed by atoms with Gasteiger partial charge in [0.25, 0.3) is 5.69 Å². The van der Waals surface area contributed by atoms with Crippen molar-refractivity contribution in [3.05, 3.63) is 74.2 Å². The standard InChI is InChI=1S/C18H15N3O5/c1-3-26-18(23)15-10-20(12-5-4-6-13(9-12)21(24)25)17-14(16(15)22)8-7-11(2)19-17/h4-10H,3H2,1-2H3. The molecule has 0 aliphatic rings.